The Balaban J connectivity index is 3.33. The predicted octanol–water partition coefficient (Wildman–Crippen LogP) is 2.66. The third-order valence-corrected chi connectivity index (χ3v) is 1.89. The van der Waals surface area contributed by atoms with Gasteiger partial charge >= 0.3 is 0 Å². The minimum Gasteiger partial charge on any atom is -0.496 e. The molecule has 2 nitrogen and oxygen atoms in total. The van der Waals surface area contributed by atoms with Gasteiger partial charge in [0.1, 0.15) is 11.5 Å². The highest BCUT2D eigenvalue weighted by Crippen LogP contribution is 2.30. The first kappa shape index (κ1) is 9.65. The van der Waals surface area contributed by atoms with E-state index >= 15 is 0 Å². The summed E-state index contributed by atoms with van der Waals surface area (Å²) in [5.41, 5.74) is 2.01. The first-order valence-electron chi connectivity index (χ1n) is 4.08. The van der Waals surface area contributed by atoms with Crippen LogP contribution in [0.3, 0.4) is 0 Å². The monoisotopic (exact) mass is 178 g/mol. The van der Waals surface area contributed by atoms with Gasteiger partial charge in [-0.25, -0.2) is 0 Å². The van der Waals surface area contributed by atoms with Crippen molar-refractivity contribution in [3.05, 3.63) is 29.8 Å². The lowest BCUT2D eigenvalue weighted by Gasteiger charge is -2.10. The van der Waals surface area contributed by atoms with E-state index in [1.807, 2.05) is 19.1 Å². The zero-order valence-electron chi connectivity index (χ0n) is 8.26. The normalized spacial score (nSPS) is 9.46. The van der Waals surface area contributed by atoms with Crippen LogP contribution >= 0.6 is 0 Å². The Labute approximate surface area is 78.8 Å². The average Bonchev–Trinajstić information content (AvgIpc) is 2.16. The van der Waals surface area contributed by atoms with Gasteiger partial charge in [-0.2, -0.15) is 0 Å². The van der Waals surface area contributed by atoms with Crippen LogP contribution in [0.5, 0.6) is 11.5 Å². The Bertz CT molecular complexity index is 291. The average molecular weight is 178 g/mol. The van der Waals surface area contributed by atoms with Gasteiger partial charge in [0.2, 0.25) is 0 Å². The molecule has 1 rings (SSSR count). The lowest BCUT2D eigenvalue weighted by Crippen LogP contribution is -1.93. The summed E-state index contributed by atoms with van der Waals surface area (Å²) in [7, 11) is 3.28. The molecular formula is C11H14O2. The lowest BCUT2D eigenvalue weighted by molar-refractivity contribution is 0.392. The van der Waals surface area contributed by atoms with E-state index in [4.69, 9.17) is 9.47 Å². The molecule has 0 atom stereocenters. The summed E-state index contributed by atoms with van der Waals surface area (Å²) in [6.45, 7) is 5.72. The molecular weight excluding hydrogens is 164 g/mol. The SMILES string of the molecule is C=Cc1c(OC)cc(C)cc1OC. The number of ether oxygens (including phenoxy) is 2. The van der Waals surface area contributed by atoms with Crippen molar-refractivity contribution < 1.29 is 9.47 Å². The molecule has 0 aromatic heterocycles. The maximum atomic E-state index is 5.21. The minimum absolute atomic E-state index is 0.798. The van der Waals surface area contributed by atoms with Crippen molar-refractivity contribution in [3.8, 4) is 11.5 Å². The van der Waals surface area contributed by atoms with Crippen LogP contribution in [0.2, 0.25) is 0 Å². The summed E-state index contributed by atoms with van der Waals surface area (Å²) >= 11 is 0. The molecule has 0 bridgehead atoms. The van der Waals surface area contributed by atoms with Gasteiger partial charge in [0.15, 0.2) is 0 Å². The second-order valence-electron chi connectivity index (χ2n) is 2.79. The minimum atomic E-state index is 0.798. The topological polar surface area (TPSA) is 18.5 Å². The van der Waals surface area contributed by atoms with Gasteiger partial charge in [-0.05, 0) is 24.6 Å². The number of aryl methyl sites for hydroxylation is 1. The number of hydrogen-bond acceptors (Lipinski definition) is 2. The van der Waals surface area contributed by atoms with Crippen molar-refractivity contribution >= 4 is 6.08 Å². The van der Waals surface area contributed by atoms with Crippen LogP contribution in [-0.4, -0.2) is 14.2 Å². The van der Waals surface area contributed by atoms with E-state index in [0.29, 0.717) is 0 Å². The molecule has 1 aromatic rings. The molecule has 0 saturated heterocycles. The van der Waals surface area contributed by atoms with E-state index in [1.54, 1.807) is 20.3 Å². The molecule has 0 spiro atoms. The Hall–Kier alpha value is -1.44. The zero-order valence-corrected chi connectivity index (χ0v) is 8.26. The fraction of sp³-hybridized carbons (Fsp3) is 0.273. The third-order valence-electron chi connectivity index (χ3n) is 1.89. The maximum absolute atomic E-state index is 5.21. The van der Waals surface area contributed by atoms with E-state index in [1.165, 1.54) is 0 Å². The Morgan fingerprint density at radius 3 is 1.92 bits per heavy atom. The summed E-state index contributed by atoms with van der Waals surface area (Å²) in [4.78, 5) is 0. The van der Waals surface area contributed by atoms with E-state index in [9.17, 15) is 0 Å². The Morgan fingerprint density at radius 2 is 1.62 bits per heavy atom. The highest BCUT2D eigenvalue weighted by Gasteiger charge is 2.06. The van der Waals surface area contributed by atoms with Gasteiger partial charge in [0, 0.05) is 0 Å². The second-order valence-corrected chi connectivity index (χ2v) is 2.79. The zero-order chi connectivity index (χ0) is 9.84. The van der Waals surface area contributed by atoms with E-state index in [-0.39, 0.29) is 0 Å². The van der Waals surface area contributed by atoms with Crippen molar-refractivity contribution in [2.45, 2.75) is 6.92 Å². The van der Waals surface area contributed by atoms with Crippen LogP contribution in [0, 0.1) is 6.92 Å². The molecule has 0 aliphatic heterocycles. The van der Waals surface area contributed by atoms with E-state index in [0.717, 1.165) is 22.6 Å². The molecule has 1 aromatic carbocycles. The number of rotatable bonds is 3. The number of hydrogen-bond donors (Lipinski definition) is 0. The summed E-state index contributed by atoms with van der Waals surface area (Å²) < 4.78 is 10.4. The van der Waals surface area contributed by atoms with Crippen LogP contribution in [0.25, 0.3) is 6.08 Å². The van der Waals surface area contributed by atoms with Crippen molar-refractivity contribution in [3.63, 3.8) is 0 Å². The van der Waals surface area contributed by atoms with Crippen molar-refractivity contribution in [1.82, 2.24) is 0 Å². The van der Waals surface area contributed by atoms with Gasteiger partial charge in [-0.3, -0.25) is 0 Å². The molecule has 0 radical (unpaired) electrons. The van der Waals surface area contributed by atoms with Crippen LogP contribution in [0.15, 0.2) is 18.7 Å². The van der Waals surface area contributed by atoms with Gasteiger partial charge < -0.3 is 9.47 Å². The van der Waals surface area contributed by atoms with Crippen molar-refractivity contribution in [2.24, 2.45) is 0 Å². The molecule has 0 aliphatic rings. The molecule has 13 heavy (non-hydrogen) atoms. The molecule has 0 N–H and O–H groups in total. The largest absolute Gasteiger partial charge is 0.496 e. The summed E-state index contributed by atoms with van der Waals surface area (Å²) in [5.74, 6) is 1.60. The van der Waals surface area contributed by atoms with Gasteiger partial charge in [0.25, 0.3) is 0 Å². The molecule has 2 heteroatoms. The summed E-state index contributed by atoms with van der Waals surface area (Å²) in [6.07, 6.45) is 1.73. The van der Waals surface area contributed by atoms with Crippen LogP contribution < -0.4 is 9.47 Å². The quantitative estimate of drug-likeness (QED) is 0.708. The Kier molecular flexibility index (Phi) is 2.96. The van der Waals surface area contributed by atoms with Crippen LogP contribution in [-0.2, 0) is 0 Å². The molecule has 0 unspecified atom stereocenters. The summed E-state index contributed by atoms with van der Waals surface area (Å²) in [6, 6.07) is 3.92. The van der Waals surface area contributed by atoms with Crippen LogP contribution in [0.4, 0.5) is 0 Å². The first-order chi connectivity index (χ1) is 6.22. The number of benzene rings is 1. The standard InChI is InChI=1S/C11H14O2/c1-5-9-10(12-3)6-8(2)7-11(9)13-4/h5-7H,1H2,2-4H3. The third kappa shape index (κ3) is 1.83. The van der Waals surface area contributed by atoms with E-state index in [2.05, 4.69) is 6.58 Å². The lowest BCUT2D eigenvalue weighted by atomic mass is 10.1. The van der Waals surface area contributed by atoms with Gasteiger partial charge in [-0.15, -0.1) is 0 Å². The summed E-state index contributed by atoms with van der Waals surface area (Å²) in [5, 5.41) is 0. The van der Waals surface area contributed by atoms with Crippen molar-refractivity contribution in [2.75, 3.05) is 14.2 Å². The van der Waals surface area contributed by atoms with Gasteiger partial charge in [0.05, 0.1) is 19.8 Å². The molecule has 0 aliphatic carbocycles. The molecule has 0 saturated carbocycles. The smallest absolute Gasteiger partial charge is 0.130 e. The molecule has 70 valence electrons. The van der Waals surface area contributed by atoms with Crippen molar-refractivity contribution in [1.29, 1.82) is 0 Å². The number of methoxy groups -OCH3 is 2. The second kappa shape index (κ2) is 3.99. The molecule has 0 amide bonds. The highest BCUT2D eigenvalue weighted by molar-refractivity contribution is 5.64. The van der Waals surface area contributed by atoms with Gasteiger partial charge in [-0.1, -0.05) is 12.7 Å². The van der Waals surface area contributed by atoms with E-state index < -0.39 is 0 Å². The van der Waals surface area contributed by atoms with Crippen LogP contribution in [0.1, 0.15) is 11.1 Å². The Morgan fingerprint density at radius 1 is 1.15 bits per heavy atom. The predicted molar refractivity (Wildman–Crippen MR) is 54.4 cm³/mol. The maximum Gasteiger partial charge on any atom is 0.130 e. The first-order valence-corrected chi connectivity index (χ1v) is 4.08. The molecule has 0 heterocycles. The highest BCUT2D eigenvalue weighted by atomic mass is 16.5. The fourth-order valence-corrected chi connectivity index (χ4v) is 1.27. The fourth-order valence-electron chi connectivity index (χ4n) is 1.27. The molecule has 0 fully saturated rings.